The highest BCUT2D eigenvalue weighted by molar-refractivity contribution is 5.89. The number of nitrogens with one attached hydrogen (secondary N) is 1. The van der Waals surface area contributed by atoms with Crippen LogP contribution in [0.3, 0.4) is 0 Å². The molecule has 0 saturated heterocycles. The lowest BCUT2D eigenvalue weighted by molar-refractivity contribution is 0.194. The molecule has 1 aromatic rings. The van der Waals surface area contributed by atoms with Crippen molar-refractivity contribution in [1.29, 1.82) is 0 Å². The summed E-state index contributed by atoms with van der Waals surface area (Å²) in [6.45, 7) is 5.50. The van der Waals surface area contributed by atoms with Crippen molar-refractivity contribution in [3.05, 3.63) is 29.8 Å². The van der Waals surface area contributed by atoms with E-state index in [1.54, 1.807) is 0 Å². The zero-order valence-electron chi connectivity index (χ0n) is 11.7. The van der Waals surface area contributed by atoms with Crippen LogP contribution in [0.4, 0.5) is 10.5 Å². The molecule has 1 aliphatic rings. The number of urea groups is 1. The summed E-state index contributed by atoms with van der Waals surface area (Å²) in [6, 6.07) is 7.89. The number of benzene rings is 1. The Kier molecular flexibility index (Phi) is 4.43. The van der Waals surface area contributed by atoms with Gasteiger partial charge in [-0.3, -0.25) is 0 Å². The van der Waals surface area contributed by atoms with Gasteiger partial charge in [0.15, 0.2) is 0 Å². The summed E-state index contributed by atoms with van der Waals surface area (Å²) in [5.74, 6) is 0.702. The second-order valence-electron chi connectivity index (χ2n) is 5.52. The van der Waals surface area contributed by atoms with Crippen molar-refractivity contribution in [3.63, 3.8) is 0 Å². The van der Waals surface area contributed by atoms with Crippen molar-refractivity contribution in [2.24, 2.45) is 11.7 Å². The number of hydrogen-bond donors (Lipinski definition) is 2. The van der Waals surface area contributed by atoms with Crippen LogP contribution in [-0.2, 0) is 6.54 Å². The molecule has 0 radical (unpaired) electrons. The number of nitrogens with two attached hydrogens (primary N) is 1. The predicted molar refractivity (Wildman–Crippen MR) is 77.9 cm³/mol. The predicted octanol–water partition coefficient (Wildman–Crippen LogP) is 2.80. The van der Waals surface area contributed by atoms with Crippen LogP contribution in [-0.4, -0.2) is 23.5 Å². The number of nitrogens with zero attached hydrogens (tertiary/aromatic N) is 1. The van der Waals surface area contributed by atoms with E-state index < -0.39 is 0 Å². The zero-order chi connectivity index (χ0) is 13.8. The molecule has 19 heavy (non-hydrogen) atoms. The number of amides is 2. The maximum atomic E-state index is 12.3. The normalized spacial score (nSPS) is 14.5. The van der Waals surface area contributed by atoms with Gasteiger partial charge in [-0.15, -0.1) is 0 Å². The average molecular weight is 261 g/mol. The van der Waals surface area contributed by atoms with Gasteiger partial charge in [0.1, 0.15) is 0 Å². The number of anilines is 1. The van der Waals surface area contributed by atoms with E-state index in [9.17, 15) is 4.79 Å². The van der Waals surface area contributed by atoms with Crippen molar-refractivity contribution in [1.82, 2.24) is 4.90 Å². The Hall–Kier alpha value is -1.55. The molecule has 1 fully saturated rings. The van der Waals surface area contributed by atoms with Crippen LogP contribution in [0, 0.1) is 5.92 Å². The second kappa shape index (κ2) is 6.06. The van der Waals surface area contributed by atoms with Crippen molar-refractivity contribution in [2.45, 2.75) is 39.3 Å². The van der Waals surface area contributed by atoms with E-state index in [0.717, 1.165) is 17.8 Å². The second-order valence-corrected chi connectivity index (χ2v) is 5.52. The molecule has 3 N–H and O–H groups in total. The van der Waals surface area contributed by atoms with Gasteiger partial charge in [0, 0.05) is 24.8 Å². The lowest BCUT2D eigenvalue weighted by atomic mass is 10.2. The van der Waals surface area contributed by atoms with Gasteiger partial charge in [-0.1, -0.05) is 12.1 Å². The van der Waals surface area contributed by atoms with Gasteiger partial charge >= 0.3 is 6.03 Å². The largest absolute Gasteiger partial charge is 0.326 e. The van der Waals surface area contributed by atoms with Gasteiger partial charge in [0.05, 0.1) is 0 Å². The third-order valence-electron chi connectivity index (χ3n) is 3.48. The van der Waals surface area contributed by atoms with Crippen LogP contribution in [0.1, 0.15) is 32.3 Å². The molecule has 1 aliphatic carbocycles. The van der Waals surface area contributed by atoms with Crippen LogP contribution >= 0.6 is 0 Å². The van der Waals surface area contributed by atoms with E-state index in [1.165, 1.54) is 12.8 Å². The molecule has 0 spiro atoms. The molecule has 104 valence electrons. The van der Waals surface area contributed by atoms with Gasteiger partial charge in [-0.2, -0.15) is 0 Å². The van der Waals surface area contributed by atoms with E-state index in [-0.39, 0.29) is 12.1 Å². The first-order valence-electron chi connectivity index (χ1n) is 6.96. The first kappa shape index (κ1) is 13.9. The number of carbonyl (C=O) groups is 1. The molecule has 2 amide bonds. The monoisotopic (exact) mass is 261 g/mol. The summed E-state index contributed by atoms with van der Waals surface area (Å²) in [7, 11) is 0. The summed E-state index contributed by atoms with van der Waals surface area (Å²) in [6.07, 6.45) is 2.50. The number of carbonyl (C=O) groups excluding carboxylic acids is 1. The van der Waals surface area contributed by atoms with Crippen molar-refractivity contribution >= 4 is 11.7 Å². The van der Waals surface area contributed by atoms with Crippen molar-refractivity contribution < 1.29 is 4.79 Å². The Bertz CT molecular complexity index is 424. The Balaban J connectivity index is 1.96. The van der Waals surface area contributed by atoms with E-state index >= 15 is 0 Å². The summed E-state index contributed by atoms with van der Waals surface area (Å²) in [5, 5.41) is 2.95. The minimum atomic E-state index is -0.0117. The van der Waals surface area contributed by atoms with Gasteiger partial charge in [-0.05, 0) is 50.3 Å². The highest BCUT2D eigenvalue weighted by Gasteiger charge is 2.28. The van der Waals surface area contributed by atoms with Crippen LogP contribution in [0.2, 0.25) is 0 Å². The van der Waals surface area contributed by atoms with E-state index in [0.29, 0.717) is 12.5 Å². The average Bonchev–Trinajstić information content (AvgIpc) is 3.20. The van der Waals surface area contributed by atoms with Gasteiger partial charge in [0.25, 0.3) is 0 Å². The van der Waals surface area contributed by atoms with Gasteiger partial charge in [0.2, 0.25) is 0 Å². The smallest absolute Gasteiger partial charge is 0.322 e. The molecular formula is C15H23N3O. The minimum absolute atomic E-state index is 0.0117. The quantitative estimate of drug-likeness (QED) is 0.856. The first-order chi connectivity index (χ1) is 9.10. The van der Waals surface area contributed by atoms with Crippen LogP contribution in [0.15, 0.2) is 24.3 Å². The Labute approximate surface area is 115 Å². The lowest BCUT2D eigenvalue weighted by Crippen LogP contribution is -2.41. The fourth-order valence-electron chi connectivity index (χ4n) is 2.03. The molecule has 1 aromatic carbocycles. The molecule has 0 atom stereocenters. The fraction of sp³-hybridized carbons (Fsp3) is 0.533. The molecule has 0 bridgehead atoms. The summed E-state index contributed by atoms with van der Waals surface area (Å²) in [4.78, 5) is 14.2. The standard InChI is InChI=1S/C15H23N3O/c1-11(2)18(10-13-3-4-13)15(19)17-14-7-5-12(9-16)6-8-14/h5-8,11,13H,3-4,9-10,16H2,1-2H3,(H,17,19). The van der Waals surface area contributed by atoms with Crippen molar-refractivity contribution in [2.75, 3.05) is 11.9 Å². The van der Waals surface area contributed by atoms with Crippen LogP contribution in [0.25, 0.3) is 0 Å². The Morgan fingerprint density at radius 1 is 1.37 bits per heavy atom. The Morgan fingerprint density at radius 3 is 2.47 bits per heavy atom. The molecule has 0 unspecified atom stereocenters. The molecule has 1 saturated carbocycles. The van der Waals surface area contributed by atoms with E-state index in [1.807, 2.05) is 29.2 Å². The molecular weight excluding hydrogens is 238 g/mol. The molecule has 0 heterocycles. The zero-order valence-corrected chi connectivity index (χ0v) is 11.7. The van der Waals surface area contributed by atoms with Gasteiger partial charge in [-0.25, -0.2) is 4.79 Å². The van der Waals surface area contributed by atoms with Gasteiger partial charge < -0.3 is 16.0 Å². The topological polar surface area (TPSA) is 58.4 Å². The minimum Gasteiger partial charge on any atom is -0.326 e. The maximum absolute atomic E-state index is 12.3. The van der Waals surface area contributed by atoms with E-state index in [2.05, 4.69) is 19.2 Å². The maximum Gasteiger partial charge on any atom is 0.322 e. The molecule has 0 aliphatic heterocycles. The number of hydrogen-bond acceptors (Lipinski definition) is 2. The molecule has 4 nitrogen and oxygen atoms in total. The SMILES string of the molecule is CC(C)N(CC1CC1)C(=O)Nc1ccc(CN)cc1. The van der Waals surface area contributed by atoms with Crippen LogP contribution < -0.4 is 11.1 Å². The van der Waals surface area contributed by atoms with E-state index in [4.69, 9.17) is 5.73 Å². The first-order valence-corrected chi connectivity index (χ1v) is 6.96. The van der Waals surface area contributed by atoms with Crippen LogP contribution in [0.5, 0.6) is 0 Å². The molecule has 0 aromatic heterocycles. The third kappa shape index (κ3) is 3.96. The highest BCUT2D eigenvalue weighted by Crippen LogP contribution is 2.30. The number of rotatable bonds is 5. The lowest BCUT2D eigenvalue weighted by Gasteiger charge is -2.27. The van der Waals surface area contributed by atoms with Crippen molar-refractivity contribution in [3.8, 4) is 0 Å². The highest BCUT2D eigenvalue weighted by atomic mass is 16.2. The summed E-state index contributed by atoms with van der Waals surface area (Å²) >= 11 is 0. The fourth-order valence-corrected chi connectivity index (χ4v) is 2.03. The summed E-state index contributed by atoms with van der Waals surface area (Å²) in [5.41, 5.74) is 7.44. The Morgan fingerprint density at radius 2 is 2.00 bits per heavy atom. The third-order valence-corrected chi connectivity index (χ3v) is 3.48. The molecule has 2 rings (SSSR count). The summed E-state index contributed by atoms with van der Waals surface area (Å²) < 4.78 is 0. The molecule has 4 heteroatoms.